The van der Waals surface area contributed by atoms with E-state index in [1.165, 1.54) is 0 Å². The van der Waals surface area contributed by atoms with Crippen molar-refractivity contribution in [3.63, 3.8) is 0 Å². The Labute approximate surface area is 140 Å². The van der Waals surface area contributed by atoms with E-state index in [0.717, 1.165) is 36.1 Å². The fourth-order valence-corrected chi connectivity index (χ4v) is 3.65. The summed E-state index contributed by atoms with van der Waals surface area (Å²) in [7, 11) is 0. The molecule has 2 atom stereocenters. The summed E-state index contributed by atoms with van der Waals surface area (Å²) >= 11 is 0. The first-order chi connectivity index (χ1) is 11.8. The standard InChI is InChI=1S/C19H18N4O/c20-11-14-15(12-7-3-1-4-8-12)16-17(13-9-5-2-6-10-13)22-23-19(16)24-18(14)21/h2-3,5-7,9-10,12,15H,1,4,8,21H2,(H,22,23)/t12-,15-/m1/s1. The monoisotopic (exact) mass is 318 g/mol. The highest BCUT2D eigenvalue weighted by atomic mass is 16.5. The molecular formula is C19H18N4O. The van der Waals surface area contributed by atoms with E-state index in [1.54, 1.807) is 0 Å². The molecule has 0 amide bonds. The highest BCUT2D eigenvalue weighted by molar-refractivity contribution is 5.69. The summed E-state index contributed by atoms with van der Waals surface area (Å²) < 4.78 is 5.63. The SMILES string of the molecule is N#CC1=C(N)Oc2n[nH]c(-c3ccccc3)c2[C@@H]1[C@@H]1C=CCCC1. The Balaban J connectivity index is 1.89. The van der Waals surface area contributed by atoms with Gasteiger partial charge >= 0.3 is 0 Å². The predicted octanol–water partition coefficient (Wildman–Crippen LogP) is 3.60. The minimum absolute atomic E-state index is 0.121. The quantitative estimate of drug-likeness (QED) is 0.828. The van der Waals surface area contributed by atoms with Gasteiger partial charge in [-0.25, -0.2) is 0 Å². The molecule has 1 aliphatic heterocycles. The predicted molar refractivity (Wildman–Crippen MR) is 90.7 cm³/mol. The van der Waals surface area contributed by atoms with Crippen LogP contribution in [0.5, 0.6) is 5.88 Å². The minimum Gasteiger partial charge on any atom is -0.420 e. The van der Waals surface area contributed by atoms with Crippen molar-refractivity contribution in [2.24, 2.45) is 11.7 Å². The van der Waals surface area contributed by atoms with Crippen molar-refractivity contribution in [1.82, 2.24) is 10.2 Å². The van der Waals surface area contributed by atoms with E-state index in [1.807, 2.05) is 30.3 Å². The van der Waals surface area contributed by atoms with Crippen LogP contribution in [0.4, 0.5) is 0 Å². The van der Waals surface area contributed by atoms with Crippen molar-refractivity contribution in [2.75, 3.05) is 0 Å². The molecule has 5 heteroatoms. The summed E-state index contributed by atoms with van der Waals surface area (Å²) in [6.07, 6.45) is 7.63. The molecule has 120 valence electrons. The first-order valence-corrected chi connectivity index (χ1v) is 8.17. The molecule has 2 heterocycles. The van der Waals surface area contributed by atoms with Gasteiger partial charge in [-0.05, 0) is 30.7 Å². The van der Waals surface area contributed by atoms with Crippen molar-refractivity contribution >= 4 is 0 Å². The van der Waals surface area contributed by atoms with Crippen LogP contribution < -0.4 is 10.5 Å². The molecule has 0 saturated heterocycles. The fourth-order valence-electron chi connectivity index (χ4n) is 3.65. The lowest BCUT2D eigenvalue weighted by atomic mass is 9.75. The van der Waals surface area contributed by atoms with Crippen molar-refractivity contribution in [1.29, 1.82) is 5.26 Å². The van der Waals surface area contributed by atoms with Crippen LogP contribution in [-0.4, -0.2) is 10.2 Å². The molecule has 4 rings (SSSR count). The normalized spacial score (nSPS) is 22.6. The number of nitrogens with one attached hydrogen (secondary N) is 1. The average molecular weight is 318 g/mol. The molecule has 1 aromatic heterocycles. The van der Waals surface area contributed by atoms with Gasteiger partial charge in [-0.2, -0.15) is 5.26 Å². The summed E-state index contributed by atoms with van der Waals surface area (Å²) in [5, 5.41) is 17.0. The fraction of sp³-hybridized carbons (Fsp3) is 0.263. The molecule has 0 radical (unpaired) electrons. The van der Waals surface area contributed by atoms with Gasteiger partial charge in [0, 0.05) is 5.92 Å². The maximum atomic E-state index is 9.66. The second-order valence-corrected chi connectivity index (χ2v) is 6.18. The molecule has 1 aliphatic carbocycles. The lowest BCUT2D eigenvalue weighted by Crippen LogP contribution is -2.25. The van der Waals surface area contributed by atoms with Gasteiger partial charge in [-0.3, -0.25) is 5.10 Å². The zero-order valence-electron chi connectivity index (χ0n) is 13.2. The van der Waals surface area contributed by atoms with Gasteiger partial charge in [0.1, 0.15) is 6.07 Å². The van der Waals surface area contributed by atoms with E-state index < -0.39 is 0 Å². The van der Waals surface area contributed by atoms with Crippen LogP contribution in [0.3, 0.4) is 0 Å². The summed E-state index contributed by atoms with van der Waals surface area (Å²) in [6, 6.07) is 12.3. The van der Waals surface area contributed by atoms with Gasteiger partial charge in [0.25, 0.3) is 0 Å². The third-order valence-electron chi connectivity index (χ3n) is 4.77. The van der Waals surface area contributed by atoms with Crippen molar-refractivity contribution < 1.29 is 4.74 Å². The molecule has 2 aromatic rings. The smallest absolute Gasteiger partial charge is 0.244 e. The van der Waals surface area contributed by atoms with Crippen LogP contribution in [0.25, 0.3) is 11.3 Å². The number of benzene rings is 1. The summed E-state index contributed by atoms with van der Waals surface area (Å²) in [6.45, 7) is 0. The second-order valence-electron chi connectivity index (χ2n) is 6.18. The Morgan fingerprint density at radius 3 is 2.83 bits per heavy atom. The number of rotatable bonds is 2. The Morgan fingerprint density at radius 2 is 2.12 bits per heavy atom. The number of allylic oxidation sites excluding steroid dienone is 3. The van der Waals surface area contributed by atoms with Crippen molar-refractivity contribution in [2.45, 2.75) is 25.2 Å². The molecule has 0 bridgehead atoms. The number of aromatic amines is 1. The lowest BCUT2D eigenvalue weighted by Gasteiger charge is -2.30. The topological polar surface area (TPSA) is 87.7 Å². The van der Waals surface area contributed by atoms with Gasteiger partial charge in [-0.1, -0.05) is 42.5 Å². The second kappa shape index (κ2) is 5.89. The van der Waals surface area contributed by atoms with Crippen LogP contribution in [-0.2, 0) is 0 Å². The maximum Gasteiger partial charge on any atom is 0.244 e. The number of hydrogen-bond donors (Lipinski definition) is 2. The number of nitrogens with zero attached hydrogens (tertiary/aromatic N) is 2. The van der Waals surface area contributed by atoms with Crippen LogP contribution in [0.1, 0.15) is 30.7 Å². The molecule has 1 aromatic carbocycles. The van der Waals surface area contributed by atoms with Gasteiger partial charge in [-0.15, -0.1) is 5.10 Å². The molecule has 0 saturated carbocycles. The van der Waals surface area contributed by atoms with Crippen LogP contribution in [0, 0.1) is 17.2 Å². The number of nitrogens with two attached hydrogens (primary N) is 1. The maximum absolute atomic E-state index is 9.66. The van der Waals surface area contributed by atoms with E-state index in [2.05, 4.69) is 28.4 Å². The van der Waals surface area contributed by atoms with E-state index >= 15 is 0 Å². The molecule has 2 aliphatic rings. The largest absolute Gasteiger partial charge is 0.420 e. The van der Waals surface area contributed by atoms with E-state index in [-0.39, 0.29) is 17.7 Å². The highest BCUT2D eigenvalue weighted by Gasteiger charge is 2.38. The Morgan fingerprint density at radius 1 is 1.29 bits per heavy atom. The molecule has 24 heavy (non-hydrogen) atoms. The summed E-state index contributed by atoms with van der Waals surface area (Å²) in [5.74, 6) is 0.758. The Kier molecular flexibility index (Phi) is 3.58. The third-order valence-corrected chi connectivity index (χ3v) is 4.77. The van der Waals surface area contributed by atoms with Gasteiger partial charge in [0.05, 0.1) is 16.8 Å². The Hall–Kier alpha value is -3.00. The van der Waals surface area contributed by atoms with Crippen molar-refractivity contribution in [3.05, 3.63) is 59.5 Å². The number of ether oxygens (including phenoxy) is 1. The molecule has 0 spiro atoms. The van der Waals surface area contributed by atoms with Gasteiger partial charge < -0.3 is 10.5 Å². The van der Waals surface area contributed by atoms with Crippen molar-refractivity contribution in [3.8, 4) is 23.2 Å². The molecule has 0 unspecified atom stereocenters. The zero-order valence-corrected chi connectivity index (χ0v) is 13.2. The number of aromatic nitrogens is 2. The number of H-pyrrole nitrogens is 1. The van der Waals surface area contributed by atoms with Crippen LogP contribution >= 0.6 is 0 Å². The van der Waals surface area contributed by atoms with E-state index in [0.29, 0.717) is 11.5 Å². The number of fused-ring (bicyclic) bond motifs is 1. The van der Waals surface area contributed by atoms with Gasteiger partial charge in [0.15, 0.2) is 0 Å². The highest BCUT2D eigenvalue weighted by Crippen LogP contribution is 2.48. The average Bonchev–Trinajstić information content (AvgIpc) is 3.05. The first kappa shape index (κ1) is 14.6. The molecule has 5 nitrogen and oxygen atoms in total. The zero-order chi connectivity index (χ0) is 16.5. The van der Waals surface area contributed by atoms with Crippen LogP contribution in [0.2, 0.25) is 0 Å². The van der Waals surface area contributed by atoms with E-state index in [4.69, 9.17) is 10.5 Å². The summed E-state index contributed by atoms with van der Waals surface area (Å²) in [4.78, 5) is 0. The third kappa shape index (κ3) is 2.28. The number of hydrogen-bond acceptors (Lipinski definition) is 4. The van der Waals surface area contributed by atoms with Gasteiger partial charge in [0.2, 0.25) is 11.8 Å². The lowest BCUT2D eigenvalue weighted by molar-refractivity contribution is 0.355. The number of nitriles is 1. The van der Waals surface area contributed by atoms with E-state index in [9.17, 15) is 5.26 Å². The minimum atomic E-state index is -0.121. The van der Waals surface area contributed by atoms with Crippen LogP contribution in [0.15, 0.2) is 53.9 Å². The first-order valence-electron chi connectivity index (χ1n) is 8.17. The molecular weight excluding hydrogens is 300 g/mol. The Bertz CT molecular complexity index is 857. The summed E-state index contributed by atoms with van der Waals surface area (Å²) in [5.41, 5.74) is 9.36. The molecule has 3 N–H and O–H groups in total. The molecule has 0 fully saturated rings.